The van der Waals surface area contributed by atoms with Gasteiger partial charge in [0.2, 0.25) is 0 Å². The molecule has 0 saturated carbocycles. The summed E-state index contributed by atoms with van der Waals surface area (Å²) in [5, 5.41) is 3.99. The summed E-state index contributed by atoms with van der Waals surface area (Å²) in [6.45, 7) is 4.30. The molecular weight excluding hydrogens is 356 g/mol. The zero-order valence-corrected chi connectivity index (χ0v) is 14.9. The van der Waals surface area contributed by atoms with E-state index >= 15 is 0 Å². The second-order valence-corrected chi connectivity index (χ2v) is 6.22. The van der Waals surface area contributed by atoms with Crippen LogP contribution in [-0.4, -0.2) is 19.2 Å². The van der Waals surface area contributed by atoms with Gasteiger partial charge in [-0.25, -0.2) is 5.43 Å². The van der Waals surface area contributed by atoms with Gasteiger partial charge in [-0.3, -0.25) is 4.79 Å². The first-order valence-electron chi connectivity index (χ1n) is 7.28. The Bertz CT molecular complexity index is 709. The summed E-state index contributed by atoms with van der Waals surface area (Å²) in [5.41, 5.74) is 5.23. The number of ether oxygens (including phenoxy) is 1. The summed E-state index contributed by atoms with van der Waals surface area (Å²) >= 11 is 3.36. The van der Waals surface area contributed by atoms with E-state index in [1.807, 2.05) is 12.1 Å². The predicted octanol–water partition coefficient (Wildman–Crippen LogP) is 4.35. The fraction of sp³-hybridized carbons (Fsp3) is 0.222. The van der Waals surface area contributed by atoms with Crippen LogP contribution in [0.1, 0.15) is 41.3 Å². The predicted molar refractivity (Wildman–Crippen MR) is 96.3 cm³/mol. The Morgan fingerprint density at radius 3 is 2.48 bits per heavy atom. The SMILES string of the molecule is COc1ccc(C(=O)N/N=C/c2ccc(C(C)C)cc2)cc1Br. The summed E-state index contributed by atoms with van der Waals surface area (Å²) < 4.78 is 5.86. The fourth-order valence-electron chi connectivity index (χ4n) is 2.00. The summed E-state index contributed by atoms with van der Waals surface area (Å²) in [7, 11) is 1.58. The monoisotopic (exact) mass is 374 g/mol. The largest absolute Gasteiger partial charge is 0.496 e. The van der Waals surface area contributed by atoms with Crippen LogP contribution in [0.3, 0.4) is 0 Å². The number of nitrogens with zero attached hydrogens (tertiary/aromatic N) is 1. The van der Waals surface area contributed by atoms with Crippen molar-refractivity contribution in [3.63, 3.8) is 0 Å². The molecule has 2 aromatic rings. The number of hydrazone groups is 1. The van der Waals surface area contributed by atoms with E-state index in [1.165, 1.54) is 5.56 Å². The standard InChI is InChI=1S/C18H19BrN2O2/c1-12(2)14-6-4-13(5-7-14)11-20-21-18(22)15-8-9-17(23-3)16(19)10-15/h4-12H,1-3H3,(H,21,22)/b20-11+. The van der Waals surface area contributed by atoms with E-state index < -0.39 is 0 Å². The van der Waals surface area contributed by atoms with Gasteiger partial charge in [-0.1, -0.05) is 38.1 Å². The van der Waals surface area contributed by atoms with Gasteiger partial charge in [-0.15, -0.1) is 0 Å². The van der Waals surface area contributed by atoms with Crippen LogP contribution in [0.25, 0.3) is 0 Å². The van der Waals surface area contributed by atoms with Crippen molar-refractivity contribution in [2.24, 2.45) is 5.10 Å². The molecular formula is C18H19BrN2O2. The summed E-state index contributed by atoms with van der Waals surface area (Å²) in [4.78, 5) is 12.0. The van der Waals surface area contributed by atoms with E-state index in [9.17, 15) is 4.79 Å². The first kappa shape index (κ1) is 17.2. The van der Waals surface area contributed by atoms with Crippen molar-refractivity contribution < 1.29 is 9.53 Å². The highest BCUT2D eigenvalue weighted by molar-refractivity contribution is 9.10. The lowest BCUT2D eigenvalue weighted by atomic mass is 10.0. The van der Waals surface area contributed by atoms with E-state index in [1.54, 1.807) is 31.5 Å². The number of nitrogens with one attached hydrogen (secondary N) is 1. The molecule has 0 aliphatic carbocycles. The second-order valence-electron chi connectivity index (χ2n) is 5.37. The number of hydrogen-bond acceptors (Lipinski definition) is 3. The fourth-order valence-corrected chi connectivity index (χ4v) is 2.55. The number of amides is 1. The minimum Gasteiger partial charge on any atom is -0.496 e. The third-order valence-corrected chi connectivity index (χ3v) is 4.02. The lowest BCUT2D eigenvalue weighted by Gasteiger charge is -2.05. The molecule has 2 rings (SSSR count). The summed E-state index contributed by atoms with van der Waals surface area (Å²) in [6, 6.07) is 13.2. The van der Waals surface area contributed by atoms with Crippen LogP contribution in [0.4, 0.5) is 0 Å². The molecule has 5 heteroatoms. The molecule has 0 atom stereocenters. The Kier molecular flexibility index (Phi) is 5.93. The van der Waals surface area contributed by atoms with Crippen molar-refractivity contribution in [2.45, 2.75) is 19.8 Å². The van der Waals surface area contributed by atoms with Gasteiger partial charge in [0.15, 0.2) is 0 Å². The summed E-state index contributed by atoms with van der Waals surface area (Å²) in [6.07, 6.45) is 1.63. The number of rotatable bonds is 5. The molecule has 0 aliphatic heterocycles. The molecule has 0 saturated heterocycles. The third kappa shape index (κ3) is 4.66. The average molecular weight is 375 g/mol. The van der Waals surface area contributed by atoms with Crippen LogP contribution >= 0.6 is 15.9 Å². The van der Waals surface area contributed by atoms with Gasteiger partial charge in [-0.2, -0.15) is 5.10 Å². The normalized spacial score (nSPS) is 11.0. The second kappa shape index (κ2) is 7.92. The lowest BCUT2D eigenvalue weighted by molar-refractivity contribution is 0.0955. The maximum atomic E-state index is 12.0. The number of benzene rings is 2. The number of carbonyl (C=O) groups excluding carboxylic acids is 1. The number of halogens is 1. The smallest absolute Gasteiger partial charge is 0.271 e. The van der Waals surface area contributed by atoms with Crippen molar-refractivity contribution in [3.05, 3.63) is 63.6 Å². The van der Waals surface area contributed by atoms with Gasteiger partial charge >= 0.3 is 0 Å². The van der Waals surface area contributed by atoms with Crippen LogP contribution in [0.5, 0.6) is 5.75 Å². The highest BCUT2D eigenvalue weighted by Crippen LogP contribution is 2.25. The van der Waals surface area contributed by atoms with E-state index in [2.05, 4.69) is 52.4 Å². The van der Waals surface area contributed by atoms with E-state index in [-0.39, 0.29) is 5.91 Å². The number of methoxy groups -OCH3 is 1. The molecule has 0 fully saturated rings. The van der Waals surface area contributed by atoms with Crippen LogP contribution in [0, 0.1) is 0 Å². The maximum absolute atomic E-state index is 12.0. The van der Waals surface area contributed by atoms with Crippen molar-refractivity contribution >= 4 is 28.1 Å². The first-order valence-corrected chi connectivity index (χ1v) is 8.07. The molecule has 1 amide bonds. The maximum Gasteiger partial charge on any atom is 0.271 e. The molecule has 4 nitrogen and oxygen atoms in total. The van der Waals surface area contributed by atoms with Crippen molar-refractivity contribution in [2.75, 3.05) is 7.11 Å². The van der Waals surface area contributed by atoms with Gasteiger partial charge in [0.25, 0.3) is 5.91 Å². The minimum absolute atomic E-state index is 0.275. The lowest BCUT2D eigenvalue weighted by Crippen LogP contribution is -2.17. The van der Waals surface area contributed by atoms with Gasteiger partial charge in [0.1, 0.15) is 5.75 Å². The third-order valence-electron chi connectivity index (χ3n) is 3.40. The molecule has 1 N–H and O–H groups in total. The molecule has 23 heavy (non-hydrogen) atoms. The Labute approximate surface area is 144 Å². The molecule has 0 radical (unpaired) electrons. The Morgan fingerprint density at radius 2 is 1.91 bits per heavy atom. The van der Waals surface area contributed by atoms with Crippen molar-refractivity contribution in [1.82, 2.24) is 5.43 Å². The molecule has 0 heterocycles. The van der Waals surface area contributed by atoms with E-state index in [0.717, 1.165) is 10.0 Å². The number of carbonyl (C=O) groups is 1. The molecule has 0 spiro atoms. The Balaban J connectivity index is 1.99. The molecule has 120 valence electrons. The van der Waals surface area contributed by atoms with Crippen LogP contribution in [0.2, 0.25) is 0 Å². The van der Waals surface area contributed by atoms with Gasteiger partial charge in [0.05, 0.1) is 17.8 Å². The van der Waals surface area contributed by atoms with Crippen molar-refractivity contribution in [1.29, 1.82) is 0 Å². The zero-order valence-electron chi connectivity index (χ0n) is 13.3. The van der Waals surface area contributed by atoms with E-state index in [0.29, 0.717) is 17.2 Å². The van der Waals surface area contributed by atoms with Crippen LogP contribution < -0.4 is 10.2 Å². The highest BCUT2D eigenvalue weighted by Gasteiger charge is 2.07. The average Bonchev–Trinajstić information content (AvgIpc) is 2.55. The van der Waals surface area contributed by atoms with Gasteiger partial charge < -0.3 is 4.74 Å². The zero-order chi connectivity index (χ0) is 16.8. The Hall–Kier alpha value is -2.14. The van der Waals surface area contributed by atoms with Crippen LogP contribution in [0.15, 0.2) is 52.0 Å². The molecule has 0 unspecified atom stereocenters. The quantitative estimate of drug-likeness (QED) is 0.624. The molecule has 2 aromatic carbocycles. The highest BCUT2D eigenvalue weighted by atomic mass is 79.9. The van der Waals surface area contributed by atoms with E-state index in [4.69, 9.17) is 4.74 Å². The van der Waals surface area contributed by atoms with Gasteiger partial charge in [0, 0.05) is 5.56 Å². The Morgan fingerprint density at radius 1 is 1.22 bits per heavy atom. The van der Waals surface area contributed by atoms with Crippen LogP contribution in [-0.2, 0) is 0 Å². The van der Waals surface area contributed by atoms with Gasteiger partial charge in [-0.05, 0) is 51.2 Å². The summed E-state index contributed by atoms with van der Waals surface area (Å²) in [5.74, 6) is 0.896. The molecule has 0 aromatic heterocycles. The molecule has 0 bridgehead atoms. The molecule has 0 aliphatic rings. The van der Waals surface area contributed by atoms with Crippen molar-refractivity contribution in [3.8, 4) is 5.75 Å². The minimum atomic E-state index is -0.275. The first-order chi connectivity index (χ1) is 11.0. The topological polar surface area (TPSA) is 50.7 Å². The number of hydrogen-bond donors (Lipinski definition) is 1.